The third-order valence-corrected chi connectivity index (χ3v) is 4.90. The predicted molar refractivity (Wildman–Crippen MR) is 101 cm³/mol. The van der Waals surface area contributed by atoms with Gasteiger partial charge in [-0.3, -0.25) is 9.59 Å². The molecule has 7 nitrogen and oxygen atoms in total. The number of amides is 1. The highest BCUT2D eigenvalue weighted by molar-refractivity contribution is 6.01. The lowest BCUT2D eigenvalue weighted by Gasteiger charge is -2.27. The van der Waals surface area contributed by atoms with Gasteiger partial charge in [0.25, 0.3) is 0 Å². The number of piperidine rings is 1. The quantitative estimate of drug-likeness (QED) is 0.667. The van der Waals surface area contributed by atoms with Gasteiger partial charge in [0.1, 0.15) is 5.69 Å². The first-order chi connectivity index (χ1) is 13.0. The van der Waals surface area contributed by atoms with Crippen molar-refractivity contribution in [1.82, 2.24) is 15.8 Å². The van der Waals surface area contributed by atoms with Crippen LogP contribution in [0.1, 0.15) is 47.8 Å². The molecule has 0 spiro atoms. The molecule has 27 heavy (non-hydrogen) atoms. The van der Waals surface area contributed by atoms with Crippen LogP contribution in [0.3, 0.4) is 0 Å². The maximum atomic E-state index is 12.4. The van der Waals surface area contributed by atoms with Crippen LogP contribution in [0.5, 0.6) is 0 Å². The van der Waals surface area contributed by atoms with E-state index in [2.05, 4.69) is 15.8 Å². The minimum Gasteiger partial charge on any atom is -0.392 e. The Balaban J connectivity index is 1.98. The molecule has 2 atom stereocenters. The number of nitrogens with one attached hydrogen (secondary N) is 2. The Hall–Kier alpha value is -2.51. The zero-order valence-corrected chi connectivity index (χ0v) is 15.6. The molecular weight excluding hydrogens is 346 g/mol. The third kappa shape index (κ3) is 4.26. The number of rotatable bonds is 6. The van der Waals surface area contributed by atoms with Crippen LogP contribution in [-0.2, 0) is 11.2 Å². The third-order valence-electron chi connectivity index (χ3n) is 4.90. The average molecular weight is 371 g/mol. The van der Waals surface area contributed by atoms with E-state index in [1.54, 1.807) is 0 Å². The van der Waals surface area contributed by atoms with E-state index in [9.17, 15) is 14.7 Å². The largest absolute Gasteiger partial charge is 0.392 e. The topological polar surface area (TPSA) is 104 Å². The van der Waals surface area contributed by atoms with Gasteiger partial charge in [0.15, 0.2) is 11.5 Å². The van der Waals surface area contributed by atoms with Crippen LogP contribution in [-0.4, -0.2) is 47.7 Å². The maximum absolute atomic E-state index is 12.4. The molecule has 0 unspecified atom stereocenters. The van der Waals surface area contributed by atoms with Crippen LogP contribution in [0, 0.1) is 0 Å². The minimum atomic E-state index is -0.558. The number of hydrogen-bond acceptors (Lipinski definition) is 6. The lowest BCUT2D eigenvalue weighted by molar-refractivity contribution is -0.118. The maximum Gasteiger partial charge on any atom is 0.216 e. The highest BCUT2D eigenvalue weighted by atomic mass is 16.5. The number of benzene rings is 1. The fourth-order valence-corrected chi connectivity index (χ4v) is 3.54. The number of carbonyl (C=O) groups excluding carboxylic acids is 2. The molecule has 0 aliphatic carbocycles. The van der Waals surface area contributed by atoms with Crippen molar-refractivity contribution in [2.75, 3.05) is 19.6 Å². The van der Waals surface area contributed by atoms with Crippen molar-refractivity contribution in [1.29, 1.82) is 0 Å². The lowest BCUT2D eigenvalue weighted by atomic mass is 9.88. The number of aromatic nitrogens is 1. The summed E-state index contributed by atoms with van der Waals surface area (Å²) in [5, 5.41) is 20.5. The van der Waals surface area contributed by atoms with Gasteiger partial charge in [0.2, 0.25) is 5.91 Å². The van der Waals surface area contributed by atoms with Crippen molar-refractivity contribution in [3.63, 3.8) is 0 Å². The van der Waals surface area contributed by atoms with Crippen molar-refractivity contribution in [3.8, 4) is 11.3 Å². The Kier molecular flexibility index (Phi) is 6.03. The standard InChI is InChI=1S/C20H25N3O4/c1-12(24)18-19(16-11-21-9-8-17(16)26)23-27-20(18)15-6-4-3-5-14(15)7-10-22-13(2)25/h3-6,16-17,21,26H,7-11H2,1-2H3,(H,22,25)/t16-,17+/m0/s1. The van der Waals surface area contributed by atoms with E-state index in [-0.39, 0.29) is 17.6 Å². The number of aliphatic hydroxyl groups is 1. The Labute approximate surface area is 158 Å². The van der Waals surface area contributed by atoms with Gasteiger partial charge in [0.05, 0.1) is 11.7 Å². The average Bonchev–Trinajstić information content (AvgIpc) is 3.07. The molecule has 2 aromatic rings. The summed E-state index contributed by atoms with van der Waals surface area (Å²) in [6.07, 6.45) is 0.658. The molecule has 1 amide bonds. The van der Waals surface area contributed by atoms with Crippen LogP contribution in [0.25, 0.3) is 11.3 Å². The normalized spacial score (nSPS) is 19.7. The van der Waals surface area contributed by atoms with Gasteiger partial charge < -0.3 is 20.3 Å². The molecule has 1 aromatic heterocycles. The first kappa shape index (κ1) is 19.3. The lowest BCUT2D eigenvalue weighted by Crippen LogP contribution is -2.39. The van der Waals surface area contributed by atoms with Crippen molar-refractivity contribution in [2.45, 2.75) is 38.7 Å². The van der Waals surface area contributed by atoms with E-state index in [4.69, 9.17) is 4.52 Å². The van der Waals surface area contributed by atoms with Gasteiger partial charge in [-0.05, 0) is 31.9 Å². The summed E-state index contributed by atoms with van der Waals surface area (Å²) < 4.78 is 5.62. The van der Waals surface area contributed by atoms with E-state index in [1.165, 1.54) is 13.8 Å². The Bertz CT molecular complexity index is 830. The number of nitrogens with zero attached hydrogens (tertiary/aromatic N) is 1. The SMILES string of the molecule is CC(=O)NCCc1ccccc1-c1onc([C@H]2CNCC[C@H]2O)c1C(C)=O. The molecule has 0 bridgehead atoms. The van der Waals surface area contributed by atoms with Crippen LogP contribution in [0.15, 0.2) is 28.8 Å². The van der Waals surface area contributed by atoms with Crippen molar-refractivity contribution in [3.05, 3.63) is 41.1 Å². The van der Waals surface area contributed by atoms with Gasteiger partial charge in [-0.1, -0.05) is 29.4 Å². The van der Waals surface area contributed by atoms with Gasteiger partial charge in [-0.15, -0.1) is 0 Å². The van der Waals surface area contributed by atoms with Crippen LogP contribution in [0.2, 0.25) is 0 Å². The zero-order valence-electron chi connectivity index (χ0n) is 15.6. The van der Waals surface area contributed by atoms with Crippen molar-refractivity contribution < 1.29 is 19.2 Å². The Morgan fingerprint density at radius 2 is 2.11 bits per heavy atom. The summed E-state index contributed by atoms with van der Waals surface area (Å²) in [5.41, 5.74) is 2.67. The van der Waals surface area contributed by atoms with Gasteiger partial charge >= 0.3 is 0 Å². The predicted octanol–water partition coefficient (Wildman–Crippen LogP) is 1.66. The van der Waals surface area contributed by atoms with Gasteiger partial charge in [0, 0.05) is 31.5 Å². The Morgan fingerprint density at radius 1 is 1.33 bits per heavy atom. The van der Waals surface area contributed by atoms with Crippen LogP contribution < -0.4 is 10.6 Å². The van der Waals surface area contributed by atoms with E-state index in [1.807, 2.05) is 24.3 Å². The van der Waals surface area contributed by atoms with E-state index in [0.717, 1.165) is 17.7 Å². The first-order valence-corrected chi connectivity index (χ1v) is 9.21. The molecule has 1 saturated heterocycles. The number of hydrogen-bond donors (Lipinski definition) is 3. The molecule has 7 heteroatoms. The second-order valence-corrected chi connectivity index (χ2v) is 6.88. The summed E-state index contributed by atoms with van der Waals surface area (Å²) in [6, 6.07) is 7.61. The molecule has 2 heterocycles. The summed E-state index contributed by atoms with van der Waals surface area (Å²) in [7, 11) is 0. The van der Waals surface area contributed by atoms with Gasteiger partial charge in [-0.25, -0.2) is 0 Å². The van der Waals surface area contributed by atoms with E-state index >= 15 is 0 Å². The number of carbonyl (C=O) groups is 2. The second kappa shape index (κ2) is 8.45. The summed E-state index contributed by atoms with van der Waals surface area (Å²) in [6.45, 7) is 4.75. The molecule has 0 saturated carbocycles. The molecule has 1 aromatic carbocycles. The number of aliphatic hydroxyl groups excluding tert-OH is 1. The minimum absolute atomic E-state index is 0.0855. The summed E-state index contributed by atoms with van der Waals surface area (Å²) >= 11 is 0. The fraction of sp³-hybridized carbons (Fsp3) is 0.450. The zero-order chi connectivity index (χ0) is 19.4. The fourth-order valence-electron chi connectivity index (χ4n) is 3.54. The van der Waals surface area contributed by atoms with Crippen LogP contribution in [0.4, 0.5) is 0 Å². The van der Waals surface area contributed by atoms with E-state index < -0.39 is 6.10 Å². The molecular formula is C20H25N3O4. The number of ketones is 1. The highest BCUT2D eigenvalue weighted by Crippen LogP contribution is 2.35. The molecule has 3 rings (SSSR count). The molecule has 1 aliphatic rings. The van der Waals surface area contributed by atoms with Gasteiger partial charge in [-0.2, -0.15) is 0 Å². The van der Waals surface area contributed by atoms with Crippen molar-refractivity contribution >= 4 is 11.7 Å². The Morgan fingerprint density at radius 3 is 2.81 bits per heavy atom. The molecule has 0 radical (unpaired) electrons. The summed E-state index contributed by atoms with van der Waals surface area (Å²) in [5.74, 6) is -0.0799. The summed E-state index contributed by atoms with van der Waals surface area (Å²) in [4.78, 5) is 23.6. The second-order valence-electron chi connectivity index (χ2n) is 6.88. The smallest absolute Gasteiger partial charge is 0.216 e. The highest BCUT2D eigenvalue weighted by Gasteiger charge is 2.33. The van der Waals surface area contributed by atoms with Crippen molar-refractivity contribution in [2.24, 2.45) is 0 Å². The number of Topliss-reactive ketones (excluding diaryl/α,β-unsaturated/α-hetero) is 1. The monoisotopic (exact) mass is 371 g/mol. The van der Waals surface area contributed by atoms with E-state index in [0.29, 0.717) is 42.9 Å². The molecule has 1 fully saturated rings. The molecule has 3 N–H and O–H groups in total. The molecule has 1 aliphatic heterocycles. The first-order valence-electron chi connectivity index (χ1n) is 9.21. The van der Waals surface area contributed by atoms with Crippen LogP contribution >= 0.6 is 0 Å². The molecule has 144 valence electrons.